The number of hydrogen-bond acceptors (Lipinski definition) is 3. The fraction of sp³-hybridized carbons (Fsp3) is 0.625. The van der Waals surface area contributed by atoms with E-state index in [2.05, 4.69) is 16.8 Å². The minimum absolute atomic E-state index is 0.137. The third-order valence-electron chi connectivity index (χ3n) is 4.49. The van der Waals surface area contributed by atoms with Crippen LogP contribution in [0, 0.1) is 0 Å². The van der Waals surface area contributed by atoms with Crippen LogP contribution in [0.4, 0.5) is 5.82 Å². The van der Waals surface area contributed by atoms with Crippen LogP contribution in [0.5, 0.6) is 0 Å². The number of piperidine rings is 1. The smallest absolute Gasteiger partial charge is 0.255 e. The molecular weight excluding hydrogens is 250 g/mol. The molecule has 0 radical (unpaired) electrons. The van der Waals surface area contributed by atoms with Crippen LogP contribution in [0.3, 0.4) is 0 Å². The molecule has 2 aliphatic rings. The van der Waals surface area contributed by atoms with Crippen molar-refractivity contribution in [2.24, 2.45) is 0 Å². The van der Waals surface area contributed by atoms with Gasteiger partial charge in [0.1, 0.15) is 5.82 Å². The minimum Gasteiger partial charge on any atom is -0.357 e. The number of nitrogens with zero attached hydrogens (tertiary/aromatic N) is 3. The van der Waals surface area contributed by atoms with Crippen molar-refractivity contribution in [3.05, 3.63) is 23.9 Å². The average molecular weight is 273 g/mol. The van der Waals surface area contributed by atoms with Gasteiger partial charge in [0.05, 0.1) is 5.56 Å². The molecule has 2 saturated heterocycles. The van der Waals surface area contributed by atoms with Gasteiger partial charge in [-0.15, -0.1) is 0 Å². The van der Waals surface area contributed by atoms with Gasteiger partial charge in [-0.05, 0) is 51.2 Å². The first-order valence-corrected chi connectivity index (χ1v) is 7.77. The number of aromatic nitrogens is 1. The maximum Gasteiger partial charge on any atom is 0.255 e. The number of carbonyl (C=O) groups excluding carboxylic acids is 1. The molecule has 1 unspecified atom stereocenters. The SMILES string of the molecule is CC1CCCCN1C(=O)c1ccc(N2CCCC2)nc1. The van der Waals surface area contributed by atoms with Crippen LogP contribution >= 0.6 is 0 Å². The van der Waals surface area contributed by atoms with Gasteiger partial charge in [-0.3, -0.25) is 4.79 Å². The van der Waals surface area contributed by atoms with Gasteiger partial charge in [-0.2, -0.15) is 0 Å². The van der Waals surface area contributed by atoms with Crippen molar-refractivity contribution in [3.8, 4) is 0 Å². The first kappa shape index (κ1) is 13.4. The fourth-order valence-electron chi connectivity index (χ4n) is 3.21. The molecule has 1 amide bonds. The van der Waals surface area contributed by atoms with Gasteiger partial charge in [0.2, 0.25) is 0 Å². The highest BCUT2D eigenvalue weighted by atomic mass is 16.2. The topological polar surface area (TPSA) is 36.4 Å². The Morgan fingerprint density at radius 3 is 2.55 bits per heavy atom. The van der Waals surface area contributed by atoms with Crippen molar-refractivity contribution in [1.82, 2.24) is 9.88 Å². The third kappa shape index (κ3) is 2.65. The number of likely N-dealkylation sites (tertiary alicyclic amines) is 1. The Hall–Kier alpha value is -1.58. The van der Waals surface area contributed by atoms with E-state index in [9.17, 15) is 4.79 Å². The zero-order valence-corrected chi connectivity index (χ0v) is 12.2. The van der Waals surface area contributed by atoms with E-state index in [-0.39, 0.29) is 5.91 Å². The molecule has 20 heavy (non-hydrogen) atoms. The normalized spacial score (nSPS) is 23.1. The number of carbonyl (C=O) groups is 1. The van der Waals surface area contributed by atoms with Crippen molar-refractivity contribution < 1.29 is 4.79 Å². The van der Waals surface area contributed by atoms with E-state index in [1.54, 1.807) is 6.20 Å². The Balaban J connectivity index is 1.71. The lowest BCUT2D eigenvalue weighted by Gasteiger charge is -2.33. The molecule has 0 aliphatic carbocycles. The summed E-state index contributed by atoms with van der Waals surface area (Å²) in [4.78, 5) is 21.3. The largest absolute Gasteiger partial charge is 0.357 e. The van der Waals surface area contributed by atoms with E-state index in [0.717, 1.165) is 43.9 Å². The zero-order chi connectivity index (χ0) is 13.9. The summed E-state index contributed by atoms with van der Waals surface area (Å²) in [6.07, 6.45) is 7.70. The number of rotatable bonds is 2. The van der Waals surface area contributed by atoms with Gasteiger partial charge in [0, 0.05) is 31.9 Å². The first-order chi connectivity index (χ1) is 9.75. The van der Waals surface area contributed by atoms with Gasteiger partial charge in [0.25, 0.3) is 5.91 Å². The predicted molar refractivity (Wildman–Crippen MR) is 80.0 cm³/mol. The Bertz CT molecular complexity index is 465. The molecule has 1 atom stereocenters. The Labute approximate surface area is 120 Å². The summed E-state index contributed by atoms with van der Waals surface area (Å²) in [5.74, 6) is 1.14. The Morgan fingerprint density at radius 2 is 1.90 bits per heavy atom. The predicted octanol–water partition coefficient (Wildman–Crippen LogP) is 2.70. The lowest BCUT2D eigenvalue weighted by Crippen LogP contribution is -2.42. The number of amides is 1. The molecule has 0 spiro atoms. The standard InChI is InChI=1S/C16H23N3O/c1-13-6-2-3-11-19(13)16(20)14-7-8-15(17-12-14)18-9-4-5-10-18/h7-8,12-13H,2-6,9-11H2,1H3. The molecule has 0 aromatic carbocycles. The molecule has 1 aromatic rings. The average Bonchev–Trinajstić information content (AvgIpc) is 3.01. The monoisotopic (exact) mass is 273 g/mol. The highest BCUT2D eigenvalue weighted by Crippen LogP contribution is 2.21. The van der Waals surface area contributed by atoms with Crippen LogP contribution in [0.2, 0.25) is 0 Å². The van der Waals surface area contributed by atoms with E-state index >= 15 is 0 Å². The van der Waals surface area contributed by atoms with Crippen LogP contribution in [0.15, 0.2) is 18.3 Å². The lowest BCUT2D eigenvalue weighted by atomic mass is 10.0. The van der Waals surface area contributed by atoms with Crippen LogP contribution in [-0.4, -0.2) is 41.5 Å². The number of anilines is 1. The molecule has 3 heterocycles. The van der Waals surface area contributed by atoms with Crippen molar-refractivity contribution >= 4 is 11.7 Å². The van der Waals surface area contributed by atoms with Crippen LogP contribution < -0.4 is 4.90 Å². The van der Waals surface area contributed by atoms with Gasteiger partial charge in [0.15, 0.2) is 0 Å². The molecule has 3 rings (SSSR count). The molecule has 4 nitrogen and oxygen atoms in total. The second kappa shape index (κ2) is 5.81. The molecule has 1 aromatic heterocycles. The summed E-state index contributed by atoms with van der Waals surface area (Å²) in [7, 11) is 0. The highest BCUT2D eigenvalue weighted by Gasteiger charge is 2.24. The number of hydrogen-bond donors (Lipinski definition) is 0. The minimum atomic E-state index is 0.137. The second-order valence-corrected chi connectivity index (χ2v) is 5.94. The third-order valence-corrected chi connectivity index (χ3v) is 4.49. The molecule has 2 fully saturated rings. The van der Waals surface area contributed by atoms with Gasteiger partial charge in [-0.1, -0.05) is 0 Å². The maximum absolute atomic E-state index is 12.5. The molecular formula is C16H23N3O. The number of pyridine rings is 1. The zero-order valence-electron chi connectivity index (χ0n) is 12.2. The van der Waals surface area contributed by atoms with E-state index in [1.807, 2.05) is 17.0 Å². The first-order valence-electron chi connectivity index (χ1n) is 7.77. The van der Waals surface area contributed by atoms with E-state index in [1.165, 1.54) is 19.3 Å². The summed E-state index contributed by atoms with van der Waals surface area (Å²) >= 11 is 0. The second-order valence-electron chi connectivity index (χ2n) is 5.94. The molecule has 2 aliphatic heterocycles. The van der Waals surface area contributed by atoms with Crippen molar-refractivity contribution in [2.45, 2.75) is 45.1 Å². The van der Waals surface area contributed by atoms with Gasteiger partial charge >= 0.3 is 0 Å². The van der Waals surface area contributed by atoms with E-state index < -0.39 is 0 Å². The summed E-state index contributed by atoms with van der Waals surface area (Å²) in [6, 6.07) is 4.28. The molecule has 0 saturated carbocycles. The lowest BCUT2D eigenvalue weighted by molar-refractivity contribution is 0.0635. The Kier molecular flexibility index (Phi) is 3.90. The maximum atomic E-state index is 12.5. The molecule has 4 heteroatoms. The van der Waals surface area contributed by atoms with E-state index in [4.69, 9.17) is 0 Å². The summed E-state index contributed by atoms with van der Waals surface area (Å²) < 4.78 is 0. The van der Waals surface area contributed by atoms with Crippen molar-refractivity contribution in [3.63, 3.8) is 0 Å². The van der Waals surface area contributed by atoms with Gasteiger partial charge in [-0.25, -0.2) is 4.98 Å². The Morgan fingerprint density at radius 1 is 1.15 bits per heavy atom. The van der Waals surface area contributed by atoms with E-state index in [0.29, 0.717) is 6.04 Å². The quantitative estimate of drug-likeness (QED) is 0.831. The molecule has 0 bridgehead atoms. The highest BCUT2D eigenvalue weighted by molar-refractivity contribution is 5.94. The fourth-order valence-corrected chi connectivity index (χ4v) is 3.21. The van der Waals surface area contributed by atoms with Crippen LogP contribution in [-0.2, 0) is 0 Å². The molecule has 0 N–H and O–H groups in total. The van der Waals surface area contributed by atoms with Gasteiger partial charge < -0.3 is 9.80 Å². The molecule has 108 valence electrons. The summed E-state index contributed by atoms with van der Waals surface area (Å²) in [5, 5.41) is 0. The van der Waals surface area contributed by atoms with Crippen LogP contribution in [0.25, 0.3) is 0 Å². The summed E-state index contributed by atoms with van der Waals surface area (Å²) in [6.45, 7) is 5.20. The summed E-state index contributed by atoms with van der Waals surface area (Å²) in [5.41, 5.74) is 0.724. The van der Waals surface area contributed by atoms with Crippen LogP contribution in [0.1, 0.15) is 49.4 Å². The van der Waals surface area contributed by atoms with Crippen molar-refractivity contribution in [2.75, 3.05) is 24.5 Å². The van der Waals surface area contributed by atoms with Crippen molar-refractivity contribution in [1.29, 1.82) is 0 Å².